The zero-order valence-electron chi connectivity index (χ0n) is 9.75. The van der Waals surface area contributed by atoms with Crippen molar-refractivity contribution in [1.82, 2.24) is 0 Å². The van der Waals surface area contributed by atoms with Gasteiger partial charge in [0, 0.05) is 22.1 Å². The van der Waals surface area contributed by atoms with E-state index in [4.69, 9.17) is 4.74 Å². The van der Waals surface area contributed by atoms with Crippen LogP contribution in [0.25, 0.3) is 0 Å². The van der Waals surface area contributed by atoms with Crippen LogP contribution in [0.15, 0.2) is 0 Å². The van der Waals surface area contributed by atoms with Crippen molar-refractivity contribution in [3.8, 4) is 0 Å². The molecule has 3 heteroatoms. The summed E-state index contributed by atoms with van der Waals surface area (Å²) in [6.07, 6.45) is 5.55. The van der Waals surface area contributed by atoms with Gasteiger partial charge in [0.25, 0.3) is 0 Å². The third-order valence-electron chi connectivity index (χ3n) is 3.29. The minimum absolute atomic E-state index is 0.147. The number of hydrogen-bond acceptors (Lipinski definition) is 2. The Kier molecular flexibility index (Phi) is 4.61. The van der Waals surface area contributed by atoms with Crippen LogP contribution in [-0.4, -0.2) is 33.3 Å². The molecule has 1 saturated heterocycles. The molecule has 2 atom stereocenters. The first kappa shape index (κ1) is 12.2. The second kappa shape index (κ2) is 5.28. The van der Waals surface area contributed by atoms with Crippen LogP contribution in [0.3, 0.4) is 0 Å². The molecule has 0 aromatic heterocycles. The Morgan fingerprint density at radius 3 is 2.64 bits per heavy atom. The Balaban J connectivity index is 2.28. The van der Waals surface area contributed by atoms with E-state index in [0.29, 0.717) is 5.92 Å². The summed E-state index contributed by atoms with van der Waals surface area (Å²) >= 11 is 0. The van der Waals surface area contributed by atoms with Crippen molar-refractivity contribution in [3.63, 3.8) is 0 Å². The Morgan fingerprint density at radius 2 is 2.14 bits per heavy atom. The van der Waals surface area contributed by atoms with Gasteiger partial charge in [0.1, 0.15) is 0 Å². The lowest BCUT2D eigenvalue weighted by Crippen LogP contribution is -2.38. The van der Waals surface area contributed by atoms with Crippen molar-refractivity contribution in [2.45, 2.75) is 57.3 Å². The first-order valence-electron chi connectivity index (χ1n) is 5.85. The second-order valence-corrected chi connectivity index (χ2v) is 6.93. The molecule has 0 bridgehead atoms. The second-order valence-electron chi connectivity index (χ2n) is 5.11. The summed E-state index contributed by atoms with van der Waals surface area (Å²) in [6, 6.07) is 0. The van der Waals surface area contributed by atoms with Gasteiger partial charge in [-0.15, -0.1) is 0 Å². The van der Waals surface area contributed by atoms with Gasteiger partial charge < -0.3 is 9.84 Å². The van der Waals surface area contributed by atoms with E-state index in [1.54, 1.807) is 0 Å². The molecule has 0 spiro atoms. The standard InChI is InChI=1S/C11H24O2Si/c1-9(2)10(12)5-7-11(14)6-3-4-8-13-11/h9-10,12H,3-8H2,1-2,14H3. The average Bonchev–Trinajstić information content (AvgIpc) is 2.15. The van der Waals surface area contributed by atoms with Gasteiger partial charge >= 0.3 is 0 Å². The molecule has 1 aliphatic heterocycles. The lowest BCUT2D eigenvalue weighted by atomic mass is 9.97. The summed E-state index contributed by atoms with van der Waals surface area (Å²) in [4.78, 5) is 0. The van der Waals surface area contributed by atoms with Crippen molar-refractivity contribution in [1.29, 1.82) is 0 Å². The topological polar surface area (TPSA) is 29.5 Å². The summed E-state index contributed by atoms with van der Waals surface area (Å²) in [7, 11) is 1.10. The minimum atomic E-state index is -0.147. The van der Waals surface area contributed by atoms with Crippen molar-refractivity contribution in [2.24, 2.45) is 5.92 Å². The number of aliphatic hydroxyl groups excluding tert-OH is 1. The number of aliphatic hydroxyl groups is 1. The van der Waals surface area contributed by atoms with E-state index < -0.39 is 0 Å². The van der Waals surface area contributed by atoms with Crippen LogP contribution < -0.4 is 0 Å². The molecule has 14 heavy (non-hydrogen) atoms. The fourth-order valence-electron chi connectivity index (χ4n) is 1.98. The fraction of sp³-hybridized carbons (Fsp3) is 1.00. The molecule has 0 radical (unpaired) electrons. The molecular weight excluding hydrogens is 192 g/mol. The normalized spacial score (nSPS) is 30.9. The Bertz CT molecular complexity index is 165. The molecule has 0 aliphatic carbocycles. The Labute approximate surface area is 90.5 Å². The molecule has 1 N–H and O–H groups in total. The predicted molar refractivity (Wildman–Crippen MR) is 62.6 cm³/mol. The fourth-order valence-corrected chi connectivity index (χ4v) is 2.82. The van der Waals surface area contributed by atoms with Crippen LogP contribution in [-0.2, 0) is 4.74 Å². The van der Waals surface area contributed by atoms with Gasteiger partial charge in [-0.3, -0.25) is 0 Å². The number of ether oxygens (including phenoxy) is 1. The van der Waals surface area contributed by atoms with Gasteiger partial charge in [-0.1, -0.05) is 13.8 Å². The predicted octanol–water partition coefficient (Wildman–Crippen LogP) is 1.05. The third kappa shape index (κ3) is 3.71. The molecule has 1 heterocycles. The van der Waals surface area contributed by atoms with Gasteiger partial charge in [0.05, 0.1) is 6.10 Å². The summed E-state index contributed by atoms with van der Waals surface area (Å²) in [6.45, 7) is 5.08. The van der Waals surface area contributed by atoms with E-state index in [1.165, 1.54) is 19.3 Å². The van der Waals surface area contributed by atoms with Gasteiger partial charge in [0.2, 0.25) is 0 Å². The summed E-state index contributed by atoms with van der Waals surface area (Å²) in [5.41, 5.74) is 0. The number of hydrogen-bond donors (Lipinski definition) is 1. The molecule has 0 aromatic rings. The van der Waals surface area contributed by atoms with Crippen LogP contribution in [0.5, 0.6) is 0 Å². The first-order valence-corrected chi connectivity index (χ1v) is 6.85. The molecule has 84 valence electrons. The molecule has 1 fully saturated rings. The third-order valence-corrected chi connectivity index (χ3v) is 4.58. The summed E-state index contributed by atoms with van der Waals surface area (Å²) in [5.74, 6) is 0.379. The summed E-state index contributed by atoms with van der Waals surface area (Å²) in [5, 5.41) is 9.91. The molecule has 0 saturated carbocycles. The van der Waals surface area contributed by atoms with Crippen LogP contribution >= 0.6 is 0 Å². The van der Waals surface area contributed by atoms with E-state index in [9.17, 15) is 5.11 Å². The first-order chi connectivity index (χ1) is 6.53. The minimum Gasteiger partial charge on any atom is -0.393 e. The lowest BCUT2D eigenvalue weighted by Gasteiger charge is -2.35. The maximum absolute atomic E-state index is 9.73. The zero-order chi connectivity index (χ0) is 10.6. The number of rotatable bonds is 4. The highest BCUT2D eigenvalue weighted by atomic mass is 28.1. The van der Waals surface area contributed by atoms with E-state index in [-0.39, 0.29) is 11.3 Å². The quantitative estimate of drug-likeness (QED) is 0.712. The average molecular weight is 216 g/mol. The smallest absolute Gasteiger partial charge is 0.0564 e. The van der Waals surface area contributed by atoms with Crippen LogP contribution in [0.1, 0.15) is 46.0 Å². The van der Waals surface area contributed by atoms with Crippen molar-refractivity contribution in [3.05, 3.63) is 0 Å². The molecular formula is C11H24O2Si. The molecule has 0 amide bonds. The van der Waals surface area contributed by atoms with Crippen LogP contribution in [0.4, 0.5) is 0 Å². The molecule has 1 rings (SSSR count). The molecule has 1 aliphatic rings. The Morgan fingerprint density at radius 1 is 1.43 bits per heavy atom. The molecule has 2 nitrogen and oxygen atoms in total. The SMILES string of the molecule is CC(C)C(O)CCC1([SiH3])CCCCO1. The van der Waals surface area contributed by atoms with Crippen molar-refractivity contribution < 1.29 is 9.84 Å². The van der Waals surface area contributed by atoms with E-state index >= 15 is 0 Å². The monoisotopic (exact) mass is 216 g/mol. The van der Waals surface area contributed by atoms with Crippen LogP contribution in [0, 0.1) is 5.92 Å². The molecule has 0 aromatic carbocycles. The van der Waals surface area contributed by atoms with Crippen LogP contribution in [0.2, 0.25) is 0 Å². The van der Waals surface area contributed by atoms with E-state index in [1.807, 2.05) is 0 Å². The highest BCUT2D eigenvalue weighted by molar-refractivity contribution is 6.14. The zero-order valence-corrected chi connectivity index (χ0v) is 11.8. The largest absolute Gasteiger partial charge is 0.393 e. The highest BCUT2D eigenvalue weighted by Gasteiger charge is 2.28. The van der Waals surface area contributed by atoms with E-state index in [0.717, 1.165) is 29.7 Å². The van der Waals surface area contributed by atoms with Crippen molar-refractivity contribution in [2.75, 3.05) is 6.61 Å². The lowest BCUT2D eigenvalue weighted by molar-refractivity contribution is -0.0327. The van der Waals surface area contributed by atoms with E-state index in [2.05, 4.69) is 13.8 Å². The van der Waals surface area contributed by atoms with Gasteiger partial charge in [0.15, 0.2) is 0 Å². The van der Waals surface area contributed by atoms with Gasteiger partial charge in [-0.05, 0) is 38.0 Å². The molecule has 2 unspecified atom stereocenters. The highest BCUT2D eigenvalue weighted by Crippen LogP contribution is 2.27. The maximum Gasteiger partial charge on any atom is 0.0564 e. The Hall–Kier alpha value is 0.137. The maximum atomic E-state index is 9.73. The van der Waals surface area contributed by atoms with Crippen molar-refractivity contribution >= 4 is 10.2 Å². The van der Waals surface area contributed by atoms with Gasteiger partial charge in [-0.2, -0.15) is 0 Å². The summed E-state index contributed by atoms with van der Waals surface area (Å²) < 4.78 is 5.85. The van der Waals surface area contributed by atoms with Gasteiger partial charge in [-0.25, -0.2) is 0 Å².